The van der Waals surface area contributed by atoms with Crippen molar-refractivity contribution in [1.29, 1.82) is 0 Å². The second kappa shape index (κ2) is 6.38. The lowest BCUT2D eigenvalue weighted by atomic mass is 10.1. The van der Waals surface area contributed by atoms with Gasteiger partial charge in [-0.3, -0.25) is 4.98 Å². The highest BCUT2D eigenvalue weighted by Gasteiger charge is 2.14. The van der Waals surface area contributed by atoms with Crippen molar-refractivity contribution in [2.24, 2.45) is 0 Å². The summed E-state index contributed by atoms with van der Waals surface area (Å²) in [5, 5.41) is 1.38. The molecule has 122 valence electrons. The number of aromatic nitrogens is 2. The van der Waals surface area contributed by atoms with E-state index in [1.165, 1.54) is 5.69 Å². The maximum Gasteiger partial charge on any atom is 0.139 e. The lowest BCUT2D eigenvalue weighted by Crippen LogP contribution is -2.44. The molecule has 0 amide bonds. The number of anilines is 1. The molecule has 0 atom stereocenters. The normalized spacial score (nSPS) is 15.8. The van der Waals surface area contributed by atoms with Gasteiger partial charge in [-0.15, -0.1) is 0 Å². The molecule has 1 aliphatic heterocycles. The van der Waals surface area contributed by atoms with Crippen LogP contribution in [-0.4, -0.2) is 48.1 Å². The molecule has 1 saturated heterocycles. The van der Waals surface area contributed by atoms with Crippen molar-refractivity contribution >= 4 is 28.2 Å². The lowest BCUT2D eigenvalue weighted by Gasteiger charge is -2.34. The first-order valence-electron chi connectivity index (χ1n) is 8.16. The van der Waals surface area contributed by atoms with E-state index in [4.69, 9.17) is 11.6 Å². The van der Waals surface area contributed by atoms with Crippen molar-refractivity contribution in [2.45, 2.75) is 0 Å². The van der Waals surface area contributed by atoms with E-state index in [9.17, 15) is 0 Å². The molecule has 1 aliphatic rings. The summed E-state index contributed by atoms with van der Waals surface area (Å²) in [7, 11) is 2.17. The summed E-state index contributed by atoms with van der Waals surface area (Å²) in [4.78, 5) is 13.7. The molecule has 24 heavy (non-hydrogen) atoms. The highest BCUT2D eigenvalue weighted by atomic mass is 35.5. The first kappa shape index (κ1) is 15.4. The number of piperazine rings is 1. The zero-order chi connectivity index (χ0) is 16.5. The maximum absolute atomic E-state index is 6.31. The molecule has 0 unspecified atom stereocenters. The Labute approximate surface area is 146 Å². The van der Waals surface area contributed by atoms with Crippen molar-refractivity contribution < 1.29 is 0 Å². The van der Waals surface area contributed by atoms with Crippen molar-refractivity contribution in [2.75, 3.05) is 38.1 Å². The Morgan fingerprint density at radius 1 is 1.00 bits per heavy atom. The Balaban J connectivity index is 1.63. The Kier molecular flexibility index (Phi) is 4.08. The highest BCUT2D eigenvalue weighted by Crippen LogP contribution is 2.28. The third-order valence-corrected chi connectivity index (χ3v) is 4.87. The van der Waals surface area contributed by atoms with E-state index in [0.29, 0.717) is 5.15 Å². The maximum atomic E-state index is 6.31. The van der Waals surface area contributed by atoms with Crippen LogP contribution in [0.2, 0.25) is 5.15 Å². The molecule has 4 nitrogen and oxygen atoms in total. The zero-order valence-electron chi connectivity index (χ0n) is 13.6. The molecule has 5 heteroatoms. The van der Waals surface area contributed by atoms with Crippen LogP contribution in [0.15, 0.2) is 48.7 Å². The minimum atomic E-state index is 0.499. The molecule has 0 spiro atoms. The number of fused-ring (bicyclic) bond motifs is 1. The predicted molar refractivity (Wildman–Crippen MR) is 99.7 cm³/mol. The molecule has 0 bridgehead atoms. The van der Waals surface area contributed by atoms with E-state index in [-0.39, 0.29) is 0 Å². The van der Waals surface area contributed by atoms with Crippen molar-refractivity contribution in [1.82, 2.24) is 14.9 Å². The monoisotopic (exact) mass is 338 g/mol. The average Bonchev–Trinajstić information content (AvgIpc) is 2.62. The fourth-order valence-corrected chi connectivity index (χ4v) is 3.34. The number of pyridine rings is 2. The highest BCUT2D eigenvalue weighted by molar-refractivity contribution is 6.34. The molecule has 2 aromatic heterocycles. The summed E-state index contributed by atoms with van der Waals surface area (Å²) in [5.74, 6) is 0. The van der Waals surface area contributed by atoms with E-state index in [2.05, 4.69) is 51.1 Å². The largest absolute Gasteiger partial charge is 0.369 e. The summed E-state index contributed by atoms with van der Waals surface area (Å²) in [6.45, 7) is 4.35. The molecule has 0 aliphatic carbocycles. The van der Waals surface area contributed by atoms with Gasteiger partial charge in [-0.25, -0.2) is 4.98 Å². The number of benzene rings is 1. The van der Waals surface area contributed by atoms with Gasteiger partial charge in [0.2, 0.25) is 0 Å². The molecule has 0 saturated carbocycles. The van der Waals surface area contributed by atoms with Crippen LogP contribution in [-0.2, 0) is 0 Å². The molecule has 4 rings (SSSR count). The minimum absolute atomic E-state index is 0.499. The first-order chi connectivity index (χ1) is 11.7. The molecule has 1 aromatic carbocycles. The average molecular weight is 339 g/mol. The van der Waals surface area contributed by atoms with Gasteiger partial charge in [0.1, 0.15) is 5.15 Å². The number of rotatable bonds is 2. The molecule has 3 heterocycles. The summed E-state index contributed by atoms with van der Waals surface area (Å²) >= 11 is 6.31. The minimum Gasteiger partial charge on any atom is -0.369 e. The summed E-state index contributed by atoms with van der Waals surface area (Å²) in [6.07, 6.45) is 1.78. The molecule has 1 fully saturated rings. The third kappa shape index (κ3) is 2.95. The van der Waals surface area contributed by atoms with Crippen LogP contribution < -0.4 is 4.90 Å². The van der Waals surface area contributed by atoms with E-state index in [0.717, 1.165) is 48.3 Å². The first-order valence-corrected chi connectivity index (χ1v) is 8.54. The number of nitrogens with zero attached hydrogens (tertiary/aromatic N) is 4. The standard InChI is InChI=1S/C19H19ClN4/c1-23-9-11-24(12-10-23)15-6-4-14(5-7-15)17-13-18-16(19(20)22-17)3-2-8-21-18/h2-8,13H,9-12H2,1H3. The fourth-order valence-electron chi connectivity index (χ4n) is 3.09. The molecular weight excluding hydrogens is 320 g/mol. The van der Waals surface area contributed by atoms with Crippen LogP contribution in [0.1, 0.15) is 0 Å². The smallest absolute Gasteiger partial charge is 0.139 e. The van der Waals surface area contributed by atoms with Gasteiger partial charge in [0, 0.05) is 49.0 Å². The quantitative estimate of drug-likeness (QED) is 0.667. The van der Waals surface area contributed by atoms with Gasteiger partial charge in [0.15, 0.2) is 0 Å². The van der Waals surface area contributed by atoms with Crippen LogP contribution in [0.5, 0.6) is 0 Å². The third-order valence-electron chi connectivity index (χ3n) is 4.58. The van der Waals surface area contributed by atoms with Gasteiger partial charge in [0.25, 0.3) is 0 Å². The Hall–Kier alpha value is -2.17. The number of halogens is 1. The molecule has 3 aromatic rings. The van der Waals surface area contributed by atoms with Crippen LogP contribution in [0.4, 0.5) is 5.69 Å². The summed E-state index contributed by atoms with van der Waals surface area (Å²) < 4.78 is 0. The molecule has 0 N–H and O–H groups in total. The lowest BCUT2D eigenvalue weighted by molar-refractivity contribution is 0.313. The zero-order valence-corrected chi connectivity index (χ0v) is 14.4. The van der Waals surface area contributed by atoms with Crippen LogP contribution in [0.3, 0.4) is 0 Å². The van der Waals surface area contributed by atoms with Crippen molar-refractivity contribution in [3.63, 3.8) is 0 Å². The summed E-state index contributed by atoms with van der Waals surface area (Å²) in [6, 6.07) is 14.4. The number of likely N-dealkylation sites (N-methyl/N-ethyl adjacent to an activating group) is 1. The van der Waals surface area contributed by atoms with Gasteiger partial charge in [-0.05, 0) is 37.4 Å². The van der Waals surface area contributed by atoms with Crippen molar-refractivity contribution in [3.05, 3.63) is 53.8 Å². The van der Waals surface area contributed by atoms with E-state index in [1.54, 1.807) is 6.20 Å². The Morgan fingerprint density at radius 2 is 1.75 bits per heavy atom. The fraction of sp³-hybridized carbons (Fsp3) is 0.263. The second-order valence-corrected chi connectivity index (χ2v) is 6.56. The van der Waals surface area contributed by atoms with Gasteiger partial charge < -0.3 is 9.80 Å². The van der Waals surface area contributed by atoms with Gasteiger partial charge in [-0.1, -0.05) is 23.7 Å². The van der Waals surface area contributed by atoms with Crippen LogP contribution >= 0.6 is 11.6 Å². The van der Waals surface area contributed by atoms with Crippen molar-refractivity contribution in [3.8, 4) is 11.3 Å². The molecule has 0 radical (unpaired) electrons. The SMILES string of the molecule is CN1CCN(c2ccc(-c3cc4ncccc4c(Cl)n3)cc2)CC1. The number of hydrogen-bond donors (Lipinski definition) is 0. The van der Waals surface area contributed by atoms with Gasteiger partial charge >= 0.3 is 0 Å². The summed E-state index contributed by atoms with van der Waals surface area (Å²) in [5.41, 5.74) is 4.05. The van der Waals surface area contributed by atoms with E-state index < -0.39 is 0 Å². The topological polar surface area (TPSA) is 32.3 Å². The predicted octanol–water partition coefficient (Wildman–Crippen LogP) is 3.70. The van der Waals surface area contributed by atoms with Crippen LogP contribution in [0.25, 0.3) is 22.2 Å². The van der Waals surface area contributed by atoms with Gasteiger partial charge in [0.05, 0.1) is 11.2 Å². The van der Waals surface area contributed by atoms with E-state index >= 15 is 0 Å². The van der Waals surface area contributed by atoms with E-state index in [1.807, 2.05) is 18.2 Å². The number of hydrogen-bond acceptors (Lipinski definition) is 4. The second-order valence-electron chi connectivity index (χ2n) is 6.21. The Bertz CT molecular complexity index is 855. The van der Waals surface area contributed by atoms with Gasteiger partial charge in [-0.2, -0.15) is 0 Å². The van der Waals surface area contributed by atoms with Crippen LogP contribution in [0, 0.1) is 0 Å². The molecular formula is C19H19ClN4. The Morgan fingerprint density at radius 3 is 2.50 bits per heavy atom.